The Hall–Kier alpha value is -1.35. The van der Waals surface area contributed by atoms with Crippen LogP contribution in [0.1, 0.15) is 48.7 Å². The molecule has 3 atom stereocenters. The highest BCUT2D eigenvalue weighted by molar-refractivity contribution is 14.0. The fourth-order valence-corrected chi connectivity index (χ4v) is 4.01. The second-order valence-electron chi connectivity index (χ2n) is 7.57. The molecule has 8 heteroatoms. The maximum absolute atomic E-state index is 14.2. The summed E-state index contributed by atoms with van der Waals surface area (Å²) in [6, 6.07) is 5.18. The van der Waals surface area contributed by atoms with Crippen LogP contribution in [0.2, 0.25) is 5.02 Å². The monoisotopic (exact) mass is 533 g/mol. The number of hydrogen-bond donors (Lipinski definition) is 2. The van der Waals surface area contributed by atoms with Crippen LogP contribution in [0.4, 0.5) is 4.39 Å². The zero-order valence-electron chi connectivity index (χ0n) is 17.6. The Bertz CT molecular complexity index is 862. The van der Waals surface area contributed by atoms with Crippen molar-refractivity contribution in [3.05, 3.63) is 51.6 Å². The van der Waals surface area contributed by atoms with Crippen molar-refractivity contribution in [3.63, 3.8) is 0 Å². The summed E-state index contributed by atoms with van der Waals surface area (Å²) >= 11 is 6.21. The summed E-state index contributed by atoms with van der Waals surface area (Å²) in [5, 5.41) is 11.9. The lowest BCUT2D eigenvalue weighted by atomic mass is 10.1. The van der Waals surface area contributed by atoms with Gasteiger partial charge in [0.15, 0.2) is 5.96 Å². The van der Waals surface area contributed by atoms with Gasteiger partial charge in [0.1, 0.15) is 5.82 Å². The van der Waals surface area contributed by atoms with Crippen molar-refractivity contribution in [2.45, 2.75) is 58.5 Å². The predicted octanol–water partition coefficient (Wildman–Crippen LogP) is 4.49. The van der Waals surface area contributed by atoms with Gasteiger partial charge in [-0.25, -0.2) is 4.39 Å². The Morgan fingerprint density at radius 1 is 1.41 bits per heavy atom. The standard InChI is InChI=1S/C21H29ClFN5.HI/c1-6-24-21(25-12(2)10-15-13(3)27-28(5)14(15)4)26-19-11-16(19)20-17(22)8-7-9-18(20)23;/h7-9,12,16,19H,6,10-11H2,1-5H3,(H2,24,25,26);1H. The van der Waals surface area contributed by atoms with E-state index in [1.54, 1.807) is 12.1 Å². The third kappa shape index (κ3) is 5.63. The van der Waals surface area contributed by atoms with E-state index in [0.717, 1.165) is 24.5 Å². The van der Waals surface area contributed by atoms with Crippen LogP contribution in [0.15, 0.2) is 23.2 Å². The Morgan fingerprint density at radius 3 is 2.72 bits per heavy atom. The van der Waals surface area contributed by atoms with E-state index in [1.807, 2.05) is 25.6 Å². The molecule has 2 N–H and O–H groups in total. The maximum Gasteiger partial charge on any atom is 0.191 e. The highest BCUT2D eigenvalue weighted by atomic mass is 127. The lowest BCUT2D eigenvalue weighted by molar-refractivity contribution is 0.605. The highest BCUT2D eigenvalue weighted by Crippen LogP contribution is 2.44. The number of halogens is 3. The summed E-state index contributed by atoms with van der Waals surface area (Å²) < 4.78 is 16.1. The summed E-state index contributed by atoms with van der Waals surface area (Å²) in [5.74, 6) is 0.601. The molecule has 1 aromatic heterocycles. The van der Waals surface area contributed by atoms with E-state index in [9.17, 15) is 4.39 Å². The minimum absolute atomic E-state index is 0. The molecule has 29 heavy (non-hydrogen) atoms. The quantitative estimate of drug-likeness (QED) is 0.327. The van der Waals surface area contributed by atoms with Crippen LogP contribution in [0.3, 0.4) is 0 Å². The van der Waals surface area contributed by atoms with Gasteiger partial charge >= 0.3 is 0 Å². The number of nitrogens with zero attached hydrogens (tertiary/aromatic N) is 3. The molecule has 2 aromatic rings. The van der Waals surface area contributed by atoms with Crippen molar-refractivity contribution in [3.8, 4) is 0 Å². The van der Waals surface area contributed by atoms with Gasteiger partial charge in [-0.3, -0.25) is 9.67 Å². The summed E-state index contributed by atoms with van der Waals surface area (Å²) in [4.78, 5) is 4.56. The van der Waals surface area contributed by atoms with Gasteiger partial charge in [-0.05, 0) is 58.2 Å². The van der Waals surface area contributed by atoms with Crippen LogP contribution in [0.5, 0.6) is 0 Å². The fourth-order valence-electron chi connectivity index (χ4n) is 3.71. The number of benzene rings is 1. The first kappa shape index (κ1) is 23.9. The van der Waals surface area contributed by atoms with E-state index in [1.165, 1.54) is 17.3 Å². The van der Waals surface area contributed by atoms with Crippen molar-refractivity contribution >= 4 is 41.5 Å². The van der Waals surface area contributed by atoms with E-state index < -0.39 is 0 Å². The number of aromatic nitrogens is 2. The molecule has 0 spiro atoms. The van der Waals surface area contributed by atoms with Crippen molar-refractivity contribution in [1.29, 1.82) is 0 Å². The molecule has 1 heterocycles. The summed E-state index contributed by atoms with van der Waals surface area (Å²) in [5.41, 5.74) is 4.12. The molecule has 160 valence electrons. The molecule has 1 saturated carbocycles. The Kier molecular flexibility index (Phi) is 8.34. The average molecular weight is 534 g/mol. The second kappa shape index (κ2) is 10.1. The van der Waals surface area contributed by atoms with E-state index >= 15 is 0 Å². The van der Waals surface area contributed by atoms with Gasteiger partial charge in [-0.1, -0.05) is 17.7 Å². The van der Waals surface area contributed by atoms with Gasteiger partial charge in [-0.2, -0.15) is 5.10 Å². The molecule has 3 rings (SSSR count). The van der Waals surface area contributed by atoms with Crippen LogP contribution >= 0.6 is 35.6 Å². The number of rotatable bonds is 6. The number of aryl methyl sites for hydroxylation is 2. The van der Waals surface area contributed by atoms with E-state index in [0.29, 0.717) is 17.1 Å². The van der Waals surface area contributed by atoms with Gasteiger partial charge in [0.25, 0.3) is 0 Å². The SMILES string of the molecule is CCN=C(NC(C)Cc1c(C)nn(C)c1C)NC1CC1c1c(F)cccc1Cl.I. The lowest BCUT2D eigenvalue weighted by Gasteiger charge is -2.19. The predicted molar refractivity (Wildman–Crippen MR) is 128 cm³/mol. The number of aliphatic imine (C=N–C) groups is 1. The fraction of sp³-hybridized carbons (Fsp3) is 0.524. The van der Waals surface area contributed by atoms with E-state index in [-0.39, 0.29) is 47.8 Å². The van der Waals surface area contributed by atoms with Gasteiger partial charge < -0.3 is 10.6 Å². The third-order valence-corrected chi connectivity index (χ3v) is 5.68. The van der Waals surface area contributed by atoms with Gasteiger partial charge in [-0.15, -0.1) is 24.0 Å². The number of guanidine groups is 1. The van der Waals surface area contributed by atoms with Crippen molar-refractivity contribution in [1.82, 2.24) is 20.4 Å². The second-order valence-corrected chi connectivity index (χ2v) is 7.98. The first-order valence-electron chi connectivity index (χ1n) is 9.82. The Morgan fingerprint density at radius 2 is 2.14 bits per heavy atom. The molecule has 0 amide bonds. The Labute approximate surface area is 194 Å². The minimum atomic E-state index is -0.236. The smallest absolute Gasteiger partial charge is 0.191 e. The summed E-state index contributed by atoms with van der Waals surface area (Å²) in [7, 11) is 1.97. The molecule has 5 nitrogen and oxygen atoms in total. The lowest BCUT2D eigenvalue weighted by Crippen LogP contribution is -2.44. The topological polar surface area (TPSA) is 54.2 Å². The molecule has 0 aliphatic heterocycles. The largest absolute Gasteiger partial charge is 0.354 e. The number of nitrogens with one attached hydrogen (secondary N) is 2. The van der Waals surface area contributed by atoms with Crippen molar-refractivity contribution < 1.29 is 4.39 Å². The molecule has 1 aliphatic carbocycles. The molecular weight excluding hydrogens is 504 g/mol. The van der Waals surface area contributed by atoms with Gasteiger partial charge in [0.2, 0.25) is 0 Å². The molecule has 1 aromatic carbocycles. The van der Waals surface area contributed by atoms with Gasteiger partial charge in [0, 0.05) is 47.9 Å². The first-order chi connectivity index (χ1) is 13.3. The molecule has 1 fully saturated rings. The zero-order chi connectivity index (χ0) is 20.4. The van der Waals surface area contributed by atoms with Crippen LogP contribution in [0, 0.1) is 19.7 Å². The zero-order valence-corrected chi connectivity index (χ0v) is 20.7. The molecular formula is C21H30ClFIN5. The highest BCUT2D eigenvalue weighted by Gasteiger charge is 2.42. The molecule has 0 radical (unpaired) electrons. The van der Waals surface area contributed by atoms with E-state index in [4.69, 9.17) is 11.6 Å². The van der Waals surface area contributed by atoms with Crippen LogP contribution in [-0.4, -0.2) is 34.4 Å². The van der Waals surface area contributed by atoms with Crippen molar-refractivity contribution in [2.75, 3.05) is 6.54 Å². The van der Waals surface area contributed by atoms with Gasteiger partial charge in [0.05, 0.1) is 5.69 Å². The summed E-state index contributed by atoms with van der Waals surface area (Å²) in [6.45, 7) is 8.94. The molecule has 0 saturated heterocycles. The van der Waals surface area contributed by atoms with Crippen LogP contribution in [-0.2, 0) is 13.5 Å². The molecule has 1 aliphatic rings. The van der Waals surface area contributed by atoms with E-state index in [2.05, 4.69) is 34.6 Å². The first-order valence-corrected chi connectivity index (χ1v) is 10.2. The molecule has 3 unspecified atom stereocenters. The van der Waals surface area contributed by atoms with Crippen molar-refractivity contribution in [2.24, 2.45) is 12.0 Å². The summed E-state index contributed by atoms with van der Waals surface area (Å²) in [6.07, 6.45) is 1.71. The number of hydrogen-bond acceptors (Lipinski definition) is 2. The average Bonchev–Trinajstić information content (AvgIpc) is 3.32. The minimum Gasteiger partial charge on any atom is -0.354 e. The van der Waals surface area contributed by atoms with Crippen LogP contribution in [0.25, 0.3) is 0 Å². The Balaban J connectivity index is 0.00000300. The maximum atomic E-state index is 14.2. The van der Waals surface area contributed by atoms with Crippen LogP contribution < -0.4 is 10.6 Å². The third-order valence-electron chi connectivity index (χ3n) is 5.35. The molecule has 0 bridgehead atoms. The normalized spacial score (nSPS) is 19.5.